The third kappa shape index (κ3) is 1.99. The van der Waals surface area contributed by atoms with Gasteiger partial charge in [0.2, 0.25) is 0 Å². The predicted octanol–water partition coefficient (Wildman–Crippen LogP) is 1.47. The van der Waals surface area contributed by atoms with Crippen LogP contribution in [-0.2, 0) is 0 Å². The maximum Gasteiger partial charge on any atom is 0.119 e. The van der Waals surface area contributed by atoms with Gasteiger partial charge in [0.25, 0.3) is 0 Å². The number of hydrogen-bond donors (Lipinski definition) is 1. The van der Waals surface area contributed by atoms with Crippen LogP contribution < -0.4 is 15.4 Å². The van der Waals surface area contributed by atoms with Crippen LogP contribution in [0, 0.1) is 5.92 Å². The van der Waals surface area contributed by atoms with Gasteiger partial charge < -0.3 is 20.3 Å². The van der Waals surface area contributed by atoms with E-state index >= 15 is 0 Å². The van der Waals surface area contributed by atoms with Crippen molar-refractivity contribution in [3.05, 3.63) is 23.8 Å². The van der Waals surface area contributed by atoms with Crippen LogP contribution >= 0.6 is 0 Å². The van der Waals surface area contributed by atoms with Crippen molar-refractivity contribution in [1.29, 1.82) is 0 Å². The fraction of sp³-hybridized carbons (Fsp3) is 0.600. The number of rotatable bonds is 1. The van der Waals surface area contributed by atoms with E-state index in [-0.39, 0.29) is 6.04 Å². The Kier molecular flexibility index (Phi) is 3.15. The third-order valence-corrected chi connectivity index (χ3v) is 4.76. The van der Waals surface area contributed by atoms with E-state index in [0.29, 0.717) is 12.0 Å². The Morgan fingerprint density at radius 1 is 1.32 bits per heavy atom. The molecule has 1 aromatic rings. The molecule has 0 saturated carbocycles. The lowest BCUT2D eigenvalue weighted by molar-refractivity contribution is 0.154. The summed E-state index contributed by atoms with van der Waals surface area (Å²) in [7, 11) is 6.08. The fourth-order valence-electron chi connectivity index (χ4n) is 3.63. The van der Waals surface area contributed by atoms with Crippen molar-refractivity contribution in [2.24, 2.45) is 11.7 Å². The second-order valence-corrected chi connectivity index (χ2v) is 5.84. The van der Waals surface area contributed by atoms with Gasteiger partial charge in [-0.25, -0.2) is 0 Å². The molecular formula is C15H23N3O. The summed E-state index contributed by atoms with van der Waals surface area (Å²) in [6.45, 7) is 2.23. The number of nitrogens with zero attached hydrogens (tertiary/aromatic N) is 2. The SMILES string of the molecule is COc1ccc2c(c1)C(N)C1CN(C)CCC1N2C. The molecule has 0 bridgehead atoms. The summed E-state index contributed by atoms with van der Waals surface area (Å²) >= 11 is 0. The van der Waals surface area contributed by atoms with Crippen molar-refractivity contribution in [3.8, 4) is 5.75 Å². The van der Waals surface area contributed by atoms with Crippen LogP contribution in [0.15, 0.2) is 18.2 Å². The second kappa shape index (κ2) is 4.69. The molecule has 3 unspecified atom stereocenters. The third-order valence-electron chi connectivity index (χ3n) is 4.76. The summed E-state index contributed by atoms with van der Waals surface area (Å²) in [4.78, 5) is 4.80. The van der Waals surface area contributed by atoms with Crippen molar-refractivity contribution in [2.45, 2.75) is 18.5 Å². The molecule has 1 aromatic carbocycles. The van der Waals surface area contributed by atoms with Gasteiger partial charge in [0.15, 0.2) is 0 Å². The van der Waals surface area contributed by atoms with E-state index in [9.17, 15) is 0 Å². The first kappa shape index (κ1) is 12.8. The molecule has 3 rings (SSSR count). The van der Waals surface area contributed by atoms with E-state index in [0.717, 1.165) is 18.8 Å². The number of benzene rings is 1. The topological polar surface area (TPSA) is 41.7 Å². The Balaban J connectivity index is 2.02. The predicted molar refractivity (Wildman–Crippen MR) is 77.7 cm³/mol. The highest BCUT2D eigenvalue weighted by Gasteiger charge is 2.40. The van der Waals surface area contributed by atoms with Gasteiger partial charge in [0, 0.05) is 37.3 Å². The van der Waals surface area contributed by atoms with Crippen molar-refractivity contribution in [1.82, 2.24) is 4.90 Å². The number of nitrogens with two attached hydrogens (primary N) is 1. The van der Waals surface area contributed by atoms with E-state index in [1.807, 2.05) is 6.07 Å². The van der Waals surface area contributed by atoms with E-state index in [2.05, 4.69) is 36.0 Å². The number of ether oxygens (including phenoxy) is 1. The van der Waals surface area contributed by atoms with Crippen molar-refractivity contribution < 1.29 is 4.74 Å². The zero-order valence-electron chi connectivity index (χ0n) is 12.0. The summed E-state index contributed by atoms with van der Waals surface area (Å²) in [5.74, 6) is 1.40. The normalized spacial score (nSPS) is 30.7. The quantitative estimate of drug-likeness (QED) is 0.831. The maximum atomic E-state index is 6.54. The van der Waals surface area contributed by atoms with Crippen molar-refractivity contribution in [2.75, 3.05) is 39.2 Å². The smallest absolute Gasteiger partial charge is 0.119 e. The molecule has 0 aromatic heterocycles. The summed E-state index contributed by atoms with van der Waals surface area (Å²) in [6, 6.07) is 6.93. The molecule has 1 fully saturated rings. The molecular weight excluding hydrogens is 238 g/mol. The Labute approximate surface area is 115 Å². The average molecular weight is 261 g/mol. The standard InChI is InChI=1S/C15H23N3O/c1-17-7-6-14-12(9-17)15(16)11-8-10(19-3)4-5-13(11)18(14)2/h4-5,8,12,14-15H,6-7,9,16H2,1-3H3. The lowest BCUT2D eigenvalue weighted by Crippen LogP contribution is -2.55. The zero-order valence-corrected chi connectivity index (χ0v) is 12.0. The molecule has 0 radical (unpaired) electrons. The molecule has 4 nitrogen and oxygen atoms in total. The van der Waals surface area contributed by atoms with Crippen LogP contribution in [0.3, 0.4) is 0 Å². The molecule has 1 saturated heterocycles. The number of piperidine rings is 1. The zero-order chi connectivity index (χ0) is 13.6. The first-order valence-electron chi connectivity index (χ1n) is 6.96. The molecule has 2 aliphatic rings. The van der Waals surface area contributed by atoms with Gasteiger partial charge in [0.05, 0.1) is 7.11 Å². The molecule has 0 spiro atoms. The fourth-order valence-corrected chi connectivity index (χ4v) is 3.63. The number of likely N-dealkylation sites (tertiary alicyclic amines) is 1. The van der Waals surface area contributed by atoms with Gasteiger partial charge in [-0.05, 0) is 43.8 Å². The molecule has 19 heavy (non-hydrogen) atoms. The van der Waals surface area contributed by atoms with Crippen LogP contribution in [0.5, 0.6) is 5.75 Å². The van der Waals surface area contributed by atoms with Gasteiger partial charge in [-0.1, -0.05) is 0 Å². The van der Waals surface area contributed by atoms with Gasteiger partial charge in [-0.3, -0.25) is 0 Å². The number of methoxy groups -OCH3 is 1. The minimum Gasteiger partial charge on any atom is -0.497 e. The highest BCUT2D eigenvalue weighted by Crippen LogP contribution is 2.42. The largest absolute Gasteiger partial charge is 0.497 e. The van der Waals surface area contributed by atoms with Gasteiger partial charge in [0.1, 0.15) is 5.75 Å². The average Bonchev–Trinajstić information content (AvgIpc) is 2.44. The summed E-state index contributed by atoms with van der Waals surface area (Å²) in [6.07, 6.45) is 1.19. The van der Waals surface area contributed by atoms with Gasteiger partial charge in [-0.2, -0.15) is 0 Å². The van der Waals surface area contributed by atoms with Gasteiger partial charge >= 0.3 is 0 Å². The Hall–Kier alpha value is -1.26. The van der Waals surface area contributed by atoms with E-state index in [1.54, 1.807) is 7.11 Å². The Bertz CT molecular complexity index is 476. The van der Waals surface area contributed by atoms with Crippen LogP contribution in [-0.4, -0.2) is 45.2 Å². The second-order valence-electron chi connectivity index (χ2n) is 5.84. The van der Waals surface area contributed by atoms with Crippen LogP contribution in [0.2, 0.25) is 0 Å². The monoisotopic (exact) mass is 261 g/mol. The number of fused-ring (bicyclic) bond motifs is 2. The van der Waals surface area contributed by atoms with E-state index in [4.69, 9.17) is 10.5 Å². The lowest BCUT2D eigenvalue weighted by Gasteiger charge is -2.49. The van der Waals surface area contributed by atoms with Crippen molar-refractivity contribution in [3.63, 3.8) is 0 Å². The molecule has 2 heterocycles. The minimum absolute atomic E-state index is 0.106. The van der Waals surface area contributed by atoms with E-state index in [1.165, 1.54) is 17.7 Å². The van der Waals surface area contributed by atoms with Crippen molar-refractivity contribution >= 4 is 5.69 Å². The van der Waals surface area contributed by atoms with Crippen LogP contribution in [0.4, 0.5) is 5.69 Å². The summed E-state index contributed by atoms with van der Waals surface area (Å²) in [5.41, 5.74) is 9.02. The first-order chi connectivity index (χ1) is 9.11. The van der Waals surface area contributed by atoms with Crippen LogP contribution in [0.25, 0.3) is 0 Å². The van der Waals surface area contributed by atoms with Gasteiger partial charge in [-0.15, -0.1) is 0 Å². The highest BCUT2D eigenvalue weighted by atomic mass is 16.5. The Morgan fingerprint density at radius 2 is 2.11 bits per heavy atom. The Morgan fingerprint density at radius 3 is 2.84 bits per heavy atom. The molecule has 0 aliphatic carbocycles. The van der Waals surface area contributed by atoms with Crippen LogP contribution in [0.1, 0.15) is 18.0 Å². The maximum absolute atomic E-state index is 6.54. The molecule has 4 heteroatoms. The number of anilines is 1. The first-order valence-corrected chi connectivity index (χ1v) is 6.96. The molecule has 2 N–H and O–H groups in total. The molecule has 104 valence electrons. The minimum atomic E-state index is 0.106. The van der Waals surface area contributed by atoms with E-state index < -0.39 is 0 Å². The molecule has 2 aliphatic heterocycles. The number of hydrogen-bond acceptors (Lipinski definition) is 4. The summed E-state index contributed by atoms with van der Waals surface area (Å²) in [5, 5.41) is 0. The lowest BCUT2D eigenvalue weighted by atomic mass is 9.78. The molecule has 3 atom stereocenters. The highest BCUT2D eigenvalue weighted by molar-refractivity contribution is 5.60. The summed E-state index contributed by atoms with van der Waals surface area (Å²) < 4.78 is 5.34. The molecule has 0 amide bonds.